The molecule has 0 saturated carbocycles. The van der Waals surface area contributed by atoms with Crippen molar-refractivity contribution in [1.29, 1.82) is 0 Å². The molecule has 4 heteroatoms. The van der Waals surface area contributed by atoms with Gasteiger partial charge in [-0.3, -0.25) is 0 Å². The van der Waals surface area contributed by atoms with Crippen molar-refractivity contribution in [3.05, 3.63) is 230 Å². The smallest absolute Gasteiger partial charge is 0.166 e. The van der Waals surface area contributed by atoms with Gasteiger partial charge < -0.3 is 4.57 Å². The lowest BCUT2D eigenvalue weighted by molar-refractivity contribution is 1.06. The van der Waals surface area contributed by atoms with Crippen LogP contribution in [-0.2, 0) is 0 Å². The van der Waals surface area contributed by atoms with E-state index in [-0.39, 0.29) is 56.1 Å². The maximum Gasteiger partial charge on any atom is 0.166 e. The number of nitrogens with zero attached hydrogens (tertiary/aromatic N) is 4. The average molecular weight is 796 g/mol. The Morgan fingerprint density at radius 1 is 0.328 bits per heavy atom. The number of fused-ring (bicyclic) bond motifs is 3. The van der Waals surface area contributed by atoms with Gasteiger partial charge in [0.1, 0.15) is 0 Å². The Kier molecular flexibility index (Phi) is 5.66. The van der Waals surface area contributed by atoms with Gasteiger partial charge in [-0.05, 0) is 81.3 Å². The van der Waals surface area contributed by atoms with Crippen LogP contribution in [0.5, 0.6) is 0 Å². The van der Waals surface area contributed by atoms with E-state index in [4.69, 9.17) is 31.4 Å². The summed E-state index contributed by atoms with van der Waals surface area (Å²) < 4.78 is 155. The van der Waals surface area contributed by atoms with E-state index in [9.17, 15) is 6.85 Å². The number of aromatic nitrogens is 4. The monoisotopic (exact) mass is 795 g/mol. The number of hydrogen-bond donors (Lipinski definition) is 0. The van der Waals surface area contributed by atoms with Crippen LogP contribution in [0, 0.1) is 0 Å². The van der Waals surface area contributed by atoms with Crippen molar-refractivity contribution >= 4 is 21.8 Å². The summed E-state index contributed by atoms with van der Waals surface area (Å²) in [6, 6.07) is 27.0. The van der Waals surface area contributed by atoms with Gasteiger partial charge in [0.15, 0.2) is 17.5 Å². The standard InChI is InChI=1S/C57H38N4/c1-6-19-39(20-7-1)44-33-34-53-51(38-44)49-29-16-17-32-52(49)61(53)54-48(47-36-45(40-21-8-2-9-22-40)35-46(37-47)41-23-10-3-11-24-41)30-18-31-50(54)57-59-55(42-25-12-4-13-26-42)58-56(60-57)43-27-14-5-15-28-43/h1-38H/i1D,4D,6D,7D,12D,13D,16D,17D,19D,20D,25D,26D,29D,32D,33D,34D,38D. The van der Waals surface area contributed by atoms with E-state index in [1.807, 2.05) is 78.9 Å². The van der Waals surface area contributed by atoms with Crippen LogP contribution >= 0.6 is 0 Å². The second kappa shape index (κ2) is 15.5. The van der Waals surface area contributed by atoms with E-state index >= 15 is 0 Å². The summed E-state index contributed by atoms with van der Waals surface area (Å²) in [6.45, 7) is 0. The highest BCUT2D eigenvalue weighted by Crippen LogP contribution is 2.43. The summed E-state index contributed by atoms with van der Waals surface area (Å²) in [4.78, 5) is 14.6. The fraction of sp³-hybridized carbons (Fsp3) is 0. The Labute approximate surface area is 378 Å². The van der Waals surface area contributed by atoms with E-state index in [1.54, 1.807) is 48.5 Å². The highest BCUT2D eigenvalue weighted by molar-refractivity contribution is 6.11. The van der Waals surface area contributed by atoms with Crippen LogP contribution in [0.1, 0.15) is 23.3 Å². The molecule has 0 unspecified atom stereocenters. The van der Waals surface area contributed by atoms with Gasteiger partial charge in [-0.2, -0.15) is 0 Å². The highest BCUT2D eigenvalue weighted by Gasteiger charge is 2.23. The van der Waals surface area contributed by atoms with E-state index in [1.165, 1.54) is 4.57 Å². The third-order valence-electron chi connectivity index (χ3n) is 10.3. The van der Waals surface area contributed by atoms with E-state index in [2.05, 4.69) is 0 Å². The van der Waals surface area contributed by atoms with Gasteiger partial charge in [-0.25, -0.2) is 15.0 Å². The minimum Gasteiger partial charge on any atom is -0.308 e. The Balaban J connectivity index is 1.37. The molecule has 0 fully saturated rings. The fourth-order valence-corrected chi connectivity index (χ4v) is 7.50. The molecule has 2 aromatic heterocycles. The molecule has 9 aromatic carbocycles. The molecule has 286 valence electrons. The molecule has 61 heavy (non-hydrogen) atoms. The maximum atomic E-state index is 9.98. The molecule has 0 aliphatic carbocycles. The first-order valence-electron chi connectivity index (χ1n) is 27.7. The zero-order valence-electron chi connectivity index (χ0n) is 48.9. The summed E-state index contributed by atoms with van der Waals surface area (Å²) in [6.07, 6.45) is 0. The highest BCUT2D eigenvalue weighted by atomic mass is 15.1. The van der Waals surface area contributed by atoms with Crippen LogP contribution in [0.15, 0.2) is 230 Å². The predicted molar refractivity (Wildman–Crippen MR) is 252 cm³/mol. The molecule has 0 amide bonds. The maximum absolute atomic E-state index is 9.98. The lowest BCUT2D eigenvalue weighted by atomic mass is 9.91. The average Bonchev–Trinajstić information content (AvgIpc) is 3.60. The quantitative estimate of drug-likeness (QED) is 0.154. The second-order valence-corrected chi connectivity index (χ2v) is 13.9. The minimum atomic E-state index is -0.762. The molecule has 0 saturated heterocycles. The zero-order valence-corrected chi connectivity index (χ0v) is 31.9. The third-order valence-corrected chi connectivity index (χ3v) is 10.3. The first-order valence-corrected chi connectivity index (χ1v) is 19.2. The first-order chi connectivity index (χ1) is 37.3. The van der Waals surface area contributed by atoms with Crippen molar-refractivity contribution < 1.29 is 23.3 Å². The van der Waals surface area contributed by atoms with Gasteiger partial charge in [0, 0.05) is 33.0 Å². The Morgan fingerprint density at radius 2 is 0.836 bits per heavy atom. The topological polar surface area (TPSA) is 43.6 Å². The van der Waals surface area contributed by atoms with Crippen molar-refractivity contribution in [2.75, 3.05) is 0 Å². The van der Waals surface area contributed by atoms with Crippen molar-refractivity contribution in [2.24, 2.45) is 0 Å². The summed E-state index contributed by atoms with van der Waals surface area (Å²) in [7, 11) is 0. The fourth-order valence-electron chi connectivity index (χ4n) is 7.50. The summed E-state index contributed by atoms with van der Waals surface area (Å²) >= 11 is 0. The Bertz CT molecular complexity index is 4230. The van der Waals surface area contributed by atoms with Crippen molar-refractivity contribution in [2.45, 2.75) is 0 Å². The molecule has 0 aliphatic heterocycles. The zero-order chi connectivity index (χ0) is 55.3. The largest absolute Gasteiger partial charge is 0.308 e. The van der Waals surface area contributed by atoms with Gasteiger partial charge in [-0.15, -0.1) is 0 Å². The molecule has 0 aliphatic rings. The van der Waals surface area contributed by atoms with E-state index in [0.29, 0.717) is 16.7 Å². The van der Waals surface area contributed by atoms with Crippen LogP contribution in [0.2, 0.25) is 0 Å². The van der Waals surface area contributed by atoms with Gasteiger partial charge in [0.05, 0.1) is 40.0 Å². The minimum absolute atomic E-state index is 0.00618. The molecule has 11 aromatic rings. The molecular weight excluding hydrogens is 741 g/mol. The SMILES string of the molecule is [2H]c1c([2H])c([2H])c(-c2nc(-c3ccccc3)nc(-c3cccc(-c4cc(-c5ccccc5)cc(-c5ccccc5)c4)c3-n3c4c([2H])c([2H])c([2H])c([2H])c4c4c([2H])c(-c5c([2H])c([2H])c([2H])c([2H])c5[2H])c([2H])c([2H])c43)n2)c([2H])c1[2H]. The number of para-hydroxylation sites is 2. The van der Waals surface area contributed by atoms with E-state index < -0.39 is 114 Å². The van der Waals surface area contributed by atoms with Crippen molar-refractivity contribution in [3.63, 3.8) is 0 Å². The Morgan fingerprint density at radius 3 is 1.49 bits per heavy atom. The molecule has 11 rings (SSSR count). The van der Waals surface area contributed by atoms with Crippen LogP contribution < -0.4 is 0 Å². The normalized spacial score (nSPS) is 15.2. The summed E-state index contributed by atoms with van der Waals surface area (Å²) in [5.41, 5.74) is 2.61. The number of hydrogen-bond acceptors (Lipinski definition) is 3. The van der Waals surface area contributed by atoms with Crippen LogP contribution in [0.25, 0.3) is 106 Å². The van der Waals surface area contributed by atoms with Gasteiger partial charge >= 0.3 is 0 Å². The Hall–Kier alpha value is -8.21. The van der Waals surface area contributed by atoms with E-state index in [0.717, 1.165) is 22.3 Å². The summed E-state index contributed by atoms with van der Waals surface area (Å²) in [5, 5.41) is -0.587. The molecule has 2 heterocycles. The molecule has 0 spiro atoms. The number of rotatable bonds is 8. The lowest BCUT2D eigenvalue weighted by Crippen LogP contribution is -2.05. The van der Waals surface area contributed by atoms with Gasteiger partial charge in [0.25, 0.3) is 0 Å². The second-order valence-electron chi connectivity index (χ2n) is 13.9. The van der Waals surface area contributed by atoms with Crippen LogP contribution in [0.4, 0.5) is 0 Å². The lowest BCUT2D eigenvalue weighted by Gasteiger charge is -2.20. The van der Waals surface area contributed by atoms with Crippen molar-refractivity contribution in [3.8, 4) is 84.4 Å². The summed E-state index contributed by atoms with van der Waals surface area (Å²) in [5.74, 6) is -0.480. The molecule has 4 nitrogen and oxygen atoms in total. The third kappa shape index (κ3) is 6.76. The molecular formula is C57H38N4. The molecule has 0 radical (unpaired) electrons. The first kappa shape index (κ1) is 22.2. The van der Waals surface area contributed by atoms with Crippen molar-refractivity contribution in [1.82, 2.24) is 19.5 Å². The number of benzene rings is 9. The van der Waals surface area contributed by atoms with Crippen LogP contribution in [0.3, 0.4) is 0 Å². The molecule has 0 atom stereocenters. The molecule has 0 N–H and O–H groups in total. The van der Waals surface area contributed by atoms with Gasteiger partial charge in [-0.1, -0.05) is 188 Å². The van der Waals surface area contributed by atoms with Gasteiger partial charge in [0.2, 0.25) is 0 Å². The van der Waals surface area contributed by atoms with Crippen LogP contribution in [-0.4, -0.2) is 19.5 Å². The predicted octanol–water partition coefficient (Wildman–Crippen LogP) is 14.6. The molecule has 0 bridgehead atoms.